The minimum absolute atomic E-state index is 0.731. The molecule has 1 aromatic rings. The Morgan fingerprint density at radius 1 is 1.47 bits per heavy atom. The van der Waals surface area contributed by atoms with Crippen LogP contribution in [0.1, 0.15) is 39.2 Å². The predicted molar refractivity (Wildman–Crippen MR) is 72.6 cm³/mol. The summed E-state index contributed by atoms with van der Waals surface area (Å²) in [5, 5.41) is 10.2. The van der Waals surface area contributed by atoms with E-state index in [9.17, 15) is 5.11 Å². The average Bonchev–Trinajstić information content (AvgIpc) is 2.27. The SMILES string of the molecule is CC(C)=CCCC(C)(O)/C=C/c1cccnc1. The molecule has 1 unspecified atom stereocenters. The van der Waals surface area contributed by atoms with Gasteiger partial charge in [-0.2, -0.15) is 0 Å². The number of hydrogen-bond donors (Lipinski definition) is 1. The molecule has 0 spiro atoms. The van der Waals surface area contributed by atoms with E-state index in [1.807, 2.05) is 31.2 Å². The molecule has 0 saturated heterocycles. The summed E-state index contributed by atoms with van der Waals surface area (Å²) < 4.78 is 0. The third-order valence-corrected chi connectivity index (χ3v) is 2.52. The Hall–Kier alpha value is -1.41. The van der Waals surface area contributed by atoms with Crippen molar-refractivity contribution in [3.8, 4) is 0 Å². The lowest BCUT2D eigenvalue weighted by Crippen LogP contribution is -2.19. The number of hydrogen-bond acceptors (Lipinski definition) is 2. The smallest absolute Gasteiger partial charge is 0.0805 e. The first-order valence-electron chi connectivity index (χ1n) is 5.95. The lowest BCUT2D eigenvalue weighted by Gasteiger charge is -2.17. The highest BCUT2D eigenvalue weighted by molar-refractivity contribution is 5.48. The molecule has 0 aliphatic heterocycles. The molecule has 0 bridgehead atoms. The maximum atomic E-state index is 10.2. The molecule has 0 aliphatic rings. The van der Waals surface area contributed by atoms with Crippen molar-refractivity contribution in [3.05, 3.63) is 47.8 Å². The molecular formula is C15H21NO. The molecular weight excluding hydrogens is 210 g/mol. The summed E-state index contributed by atoms with van der Waals surface area (Å²) in [5.41, 5.74) is 1.54. The highest BCUT2D eigenvalue weighted by Crippen LogP contribution is 2.16. The molecule has 0 amide bonds. The first-order chi connectivity index (χ1) is 7.99. The van der Waals surface area contributed by atoms with Crippen LogP contribution in [-0.4, -0.2) is 15.7 Å². The van der Waals surface area contributed by atoms with Crippen LogP contribution in [0.3, 0.4) is 0 Å². The first-order valence-corrected chi connectivity index (χ1v) is 5.95. The molecule has 0 radical (unpaired) electrons. The number of nitrogens with zero attached hydrogens (tertiary/aromatic N) is 1. The molecule has 1 N–H and O–H groups in total. The maximum absolute atomic E-state index is 10.2. The van der Waals surface area contributed by atoms with Gasteiger partial charge in [0.1, 0.15) is 0 Å². The summed E-state index contributed by atoms with van der Waals surface area (Å²) in [6, 6.07) is 3.85. The van der Waals surface area contributed by atoms with E-state index in [1.54, 1.807) is 12.4 Å². The van der Waals surface area contributed by atoms with Gasteiger partial charge in [0.25, 0.3) is 0 Å². The zero-order valence-corrected chi connectivity index (χ0v) is 10.9. The zero-order chi connectivity index (χ0) is 12.7. The highest BCUT2D eigenvalue weighted by atomic mass is 16.3. The molecule has 0 aromatic carbocycles. The van der Waals surface area contributed by atoms with E-state index >= 15 is 0 Å². The van der Waals surface area contributed by atoms with Crippen LogP contribution in [-0.2, 0) is 0 Å². The fourth-order valence-electron chi connectivity index (χ4n) is 1.49. The van der Waals surface area contributed by atoms with Gasteiger partial charge in [0.15, 0.2) is 0 Å². The number of rotatable bonds is 5. The van der Waals surface area contributed by atoms with Gasteiger partial charge in [-0.05, 0) is 45.2 Å². The van der Waals surface area contributed by atoms with Gasteiger partial charge in [0.05, 0.1) is 5.60 Å². The van der Waals surface area contributed by atoms with Gasteiger partial charge in [-0.1, -0.05) is 29.9 Å². The average molecular weight is 231 g/mol. The normalized spacial score (nSPS) is 14.6. The van der Waals surface area contributed by atoms with E-state index in [2.05, 4.69) is 24.9 Å². The highest BCUT2D eigenvalue weighted by Gasteiger charge is 2.14. The van der Waals surface area contributed by atoms with Gasteiger partial charge in [-0.25, -0.2) is 0 Å². The van der Waals surface area contributed by atoms with Crippen molar-refractivity contribution in [2.75, 3.05) is 0 Å². The molecule has 1 heterocycles. The molecule has 1 rings (SSSR count). The number of aliphatic hydroxyl groups is 1. The number of aromatic nitrogens is 1. The Morgan fingerprint density at radius 3 is 2.82 bits per heavy atom. The second-order valence-electron chi connectivity index (χ2n) is 4.80. The van der Waals surface area contributed by atoms with E-state index in [0.717, 1.165) is 18.4 Å². The first kappa shape index (κ1) is 13.7. The van der Waals surface area contributed by atoms with Crippen molar-refractivity contribution in [1.82, 2.24) is 4.98 Å². The Labute approximate surface area is 104 Å². The molecule has 2 nitrogen and oxygen atoms in total. The third-order valence-electron chi connectivity index (χ3n) is 2.52. The maximum Gasteiger partial charge on any atom is 0.0805 e. The lowest BCUT2D eigenvalue weighted by atomic mass is 9.98. The Kier molecular flexibility index (Phi) is 5.11. The van der Waals surface area contributed by atoms with Crippen LogP contribution in [0.15, 0.2) is 42.3 Å². The molecule has 0 saturated carbocycles. The largest absolute Gasteiger partial charge is 0.386 e. The number of pyridine rings is 1. The Balaban J connectivity index is 2.54. The van der Waals surface area contributed by atoms with E-state index in [0.29, 0.717) is 0 Å². The van der Waals surface area contributed by atoms with E-state index in [-0.39, 0.29) is 0 Å². The van der Waals surface area contributed by atoms with Crippen LogP contribution in [0.25, 0.3) is 6.08 Å². The fourth-order valence-corrected chi connectivity index (χ4v) is 1.49. The fraction of sp³-hybridized carbons (Fsp3) is 0.400. The van der Waals surface area contributed by atoms with Crippen molar-refractivity contribution in [3.63, 3.8) is 0 Å². The zero-order valence-electron chi connectivity index (χ0n) is 10.9. The summed E-state index contributed by atoms with van der Waals surface area (Å²) >= 11 is 0. The van der Waals surface area contributed by atoms with Gasteiger partial charge in [-0.15, -0.1) is 0 Å². The van der Waals surface area contributed by atoms with E-state index in [4.69, 9.17) is 0 Å². The van der Waals surface area contributed by atoms with Crippen LogP contribution in [0, 0.1) is 0 Å². The Morgan fingerprint density at radius 2 is 2.24 bits per heavy atom. The van der Waals surface area contributed by atoms with Gasteiger partial charge >= 0.3 is 0 Å². The van der Waals surface area contributed by atoms with E-state index in [1.165, 1.54) is 5.57 Å². The quantitative estimate of drug-likeness (QED) is 0.785. The van der Waals surface area contributed by atoms with Crippen LogP contribution in [0.4, 0.5) is 0 Å². The monoisotopic (exact) mass is 231 g/mol. The predicted octanol–water partition coefficient (Wildman–Crippen LogP) is 3.59. The van der Waals surface area contributed by atoms with Crippen molar-refractivity contribution in [1.29, 1.82) is 0 Å². The summed E-state index contributed by atoms with van der Waals surface area (Å²) in [6.45, 7) is 5.97. The molecule has 2 heteroatoms. The molecule has 17 heavy (non-hydrogen) atoms. The second kappa shape index (κ2) is 6.36. The lowest BCUT2D eigenvalue weighted by molar-refractivity contribution is 0.104. The van der Waals surface area contributed by atoms with Crippen LogP contribution in [0.2, 0.25) is 0 Å². The van der Waals surface area contributed by atoms with Crippen molar-refractivity contribution in [2.24, 2.45) is 0 Å². The van der Waals surface area contributed by atoms with Gasteiger partial charge < -0.3 is 5.11 Å². The van der Waals surface area contributed by atoms with Crippen LogP contribution in [0.5, 0.6) is 0 Å². The molecule has 92 valence electrons. The summed E-state index contributed by atoms with van der Waals surface area (Å²) in [7, 11) is 0. The standard InChI is InChI=1S/C15H21NO/c1-13(2)6-4-9-15(3,17)10-8-14-7-5-11-16-12-14/h5-8,10-12,17H,4,9H2,1-3H3/b10-8+. The molecule has 0 aliphatic carbocycles. The van der Waals surface area contributed by atoms with Crippen LogP contribution >= 0.6 is 0 Å². The second-order valence-corrected chi connectivity index (χ2v) is 4.80. The van der Waals surface area contributed by atoms with Gasteiger partial charge in [-0.3, -0.25) is 4.98 Å². The minimum atomic E-state index is -0.762. The Bertz CT molecular complexity index is 387. The summed E-state index contributed by atoms with van der Waals surface area (Å²) in [4.78, 5) is 4.03. The van der Waals surface area contributed by atoms with Crippen molar-refractivity contribution in [2.45, 2.75) is 39.2 Å². The summed E-state index contributed by atoms with van der Waals surface area (Å²) in [6.07, 6.45) is 11.0. The molecule has 0 fully saturated rings. The van der Waals surface area contributed by atoms with Gasteiger partial charge in [0, 0.05) is 12.4 Å². The molecule has 1 aromatic heterocycles. The summed E-state index contributed by atoms with van der Waals surface area (Å²) in [5.74, 6) is 0. The third kappa shape index (κ3) is 6.03. The van der Waals surface area contributed by atoms with Crippen molar-refractivity contribution >= 4 is 6.08 Å². The topological polar surface area (TPSA) is 33.1 Å². The van der Waals surface area contributed by atoms with Crippen LogP contribution < -0.4 is 0 Å². The number of allylic oxidation sites excluding steroid dienone is 2. The van der Waals surface area contributed by atoms with E-state index < -0.39 is 5.60 Å². The van der Waals surface area contributed by atoms with Gasteiger partial charge in [0.2, 0.25) is 0 Å². The van der Waals surface area contributed by atoms with Crippen molar-refractivity contribution < 1.29 is 5.11 Å². The molecule has 1 atom stereocenters. The minimum Gasteiger partial charge on any atom is -0.386 e.